The van der Waals surface area contributed by atoms with Crippen LogP contribution in [0.3, 0.4) is 0 Å². The lowest BCUT2D eigenvalue weighted by molar-refractivity contribution is -0.117. The number of benzene rings is 1. The fourth-order valence-corrected chi connectivity index (χ4v) is 2.93. The smallest absolute Gasteiger partial charge is 0.224 e. The number of nitrogens with one attached hydrogen (secondary N) is 1. The highest BCUT2D eigenvalue weighted by Gasteiger charge is 2.24. The zero-order chi connectivity index (χ0) is 13.8. The Morgan fingerprint density at radius 2 is 2.10 bits per heavy atom. The van der Waals surface area contributed by atoms with Gasteiger partial charge in [-0.05, 0) is 43.4 Å². The number of nitrogens with two attached hydrogens (primary N) is 1. The quantitative estimate of drug-likeness (QED) is 0.888. The minimum atomic E-state index is 0. The van der Waals surface area contributed by atoms with Crippen molar-refractivity contribution in [3.8, 4) is 0 Å². The summed E-state index contributed by atoms with van der Waals surface area (Å²) < 4.78 is 0. The van der Waals surface area contributed by atoms with Crippen molar-refractivity contribution in [3.63, 3.8) is 0 Å². The molecule has 0 saturated heterocycles. The van der Waals surface area contributed by atoms with Gasteiger partial charge in [0.15, 0.2) is 0 Å². The van der Waals surface area contributed by atoms with E-state index in [0.29, 0.717) is 23.0 Å². The number of hydrogen-bond acceptors (Lipinski definition) is 2. The minimum absolute atomic E-state index is 0. The van der Waals surface area contributed by atoms with Crippen molar-refractivity contribution in [2.45, 2.75) is 45.1 Å². The highest BCUT2D eigenvalue weighted by Crippen LogP contribution is 2.27. The van der Waals surface area contributed by atoms with Gasteiger partial charge in [0.1, 0.15) is 0 Å². The summed E-state index contributed by atoms with van der Waals surface area (Å²) >= 11 is 6.11. The molecule has 20 heavy (non-hydrogen) atoms. The molecule has 0 heterocycles. The van der Waals surface area contributed by atoms with E-state index in [1.165, 1.54) is 12.8 Å². The molecular formula is C15H22Cl2N2O. The molecule has 1 aromatic rings. The Morgan fingerprint density at radius 1 is 1.40 bits per heavy atom. The molecule has 1 aromatic carbocycles. The molecule has 1 aliphatic carbocycles. The molecular weight excluding hydrogens is 295 g/mol. The van der Waals surface area contributed by atoms with Gasteiger partial charge in [-0.25, -0.2) is 0 Å². The maximum atomic E-state index is 12.0. The van der Waals surface area contributed by atoms with E-state index >= 15 is 0 Å². The summed E-state index contributed by atoms with van der Waals surface area (Å²) in [6, 6.07) is 5.79. The topological polar surface area (TPSA) is 55.1 Å². The molecule has 0 radical (unpaired) electrons. The molecule has 1 amide bonds. The van der Waals surface area contributed by atoms with Gasteiger partial charge in [-0.2, -0.15) is 0 Å². The molecule has 0 spiro atoms. The summed E-state index contributed by atoms with van der Waals surface area (Å²) in [6.45, 7) is 1.97. The van der Waals surface area contributed by atoms with Gasteiger partial charge < -0.3 is 11.1 Å². The van der Waals surface area contributed by atoms with Gasteiger partial charge in [-0.15, -0.1) is 12.4 Å². The molecule has 1 aliphatic rings. The van der Waals surface area contributed by atoms with Gasteiger partial charge in [0.2, 0.25) is 5.91 Å². The predicted molar refractivity (Wildman–Crippen MR) is 86.6 cm³/mol. The van der Waals surface area contributed by atoms with Crippen molar-refractivity contribution in [1.29, 1.82) is 0 Å². The van der Waals surface area contributed by atoms with Gasteiger partial charge in [-0.3, -0.25) is 4.79 Å². The van der Waals surface area contributed by atoms with Gasteiger partial charge in [0.25, 0.3) is 0 Å². The van der Waals surface area contributed by atoms with Crippen LogP contribution in [-0.4, -0.2) is 11.9 Å². The van der Waals surface area contributed by atoms with Crippen molar-refractivity contribution in [2.75, 3.05) is 5.32 Å². The molecule has 2 atom stereocenters. The van der Waals surface area contributed by atoms with Crippen LogP contribution in [0.5, 0.6) is 0 Å². The van der Waals surface area contributed by atoms with Crippen molar-refractivity contribution < 1.29 is 4.79 Å². The predicted octanol–water partition coefficient (Wildman–Crippen LogP) is 3.92. The lowest BCUT2D eigenvalue weighted by Gasteiger charge is -2.28. The number of halogens is 2. The molecule has 0 bridgehead atoms. The highest BCUT2D eigenvalue weighted by molar-refractivity contribution is 6.33. The van der Waals surface area contributed by atoms with Crippen LogP contribution in [0, 0.1) is 12.8 Å². The molecule has 2 rings (SSSR count). The van der Waals surface area contributed by atoms with Gasteiger partial charge in [0.05, 0.1) is 10.7 Å². The van der Waals surface area contributed by atoms with E-state index in [9.17, 15) is 4.79 Å². The standard InChI is InChI=1S/C15H21ClN2O.ClH/c1-10-6-7-14(12(16)8-10)18-15(19)9-11-4-2-3-5-13(11)17;/h6-8,11,13H,2-5,9,17H2,1H3,(H,18,19);1H. The second-order valence-electron chi connectivity index (χ2n) is 5.44. The van der Waals surface area contributed by atoms with Crippen molar-refractivity contribution in [1.82, 2.24) is 0 Å². The molecule has 1 saturated carbocycles. The van der Waals surface area contributed by atoms with E-state index in [1.807, 2.05) is 25.1 Å². The summed E-state index contributed by atoms with van der Waals surface area (Å²) in [4.78, 5) is 12.0. The second kappa shape index (κ2) is 7.87. The molecule has 3 N–H and O–H groups in total. The molecule has 1 fully saturated rings. The third-order valence-corrected chi connectivity index (χ3v) is 4.13. The third-order valence-electron chi connectivity index (χ3n) is 3.81. The molecule has 2 unspecified atom stereocenters. The largest absolute Gasteiger partial charge is 0.327 e. The van der Waals surface area contributed by atoms with E-state index in [2.05, 4.69) is 5.32 Å². The van der Waals surface area contributed by atoms with Crippen LogP contribution < -0.4 is 11.1 Å². The SMILES string of the molecule is Cc1ccc(NC(=O)CC2CCCCC2N)c(Cl)c1.Cl. The second-order valence-corrected chi connectivity index (χ2v) is 5.85. The average molecular weight is 317 g/mol. The maximum absolute atomic E-state index is 12.0. The van der Waals surface area contributed by atoms with E-state index in [4.69, 9.17) is 17.3 Å². The first-order chi connectivity index (χ1) is 9.06. The minimum Gasteiger partial charge on any atom is -0.327 e. The fraction of sp³-hybridized carbons (Fsp3) is 0.533. The van der Waals surface area contributed by atoms with Crippen LogP contribution in [0.15, 0.2) is 18.2 Å². The number of aryl methyl sites for hydroxylation is 1. The normalized spacial score (nSPS) is 21.9. The molecule has 112 valence electrons. The maximum Gasteiger partial charge on any atom is 0.224 e. The van der Waals surface area contributed by atoms with Crippen molar-refractivity contribution in [2.24, 2.45) is 11.7 Å². The number of amides is 1. The molecule has 3 nitrogen and oxygen atoms in total. The summed E-state index contributed by atoms with van der Waals surface area (Å²) in [6.07, 6.45) is 4.94. The van der Waals surface area contributed by atoms with Crippen LogP contribution in [0.2, 0.25) is 5.02 Å². The Bertz CT molecular complexity index is 465. The summed E-state index contributed by atoms with van der Waals surface area (Å²) in [5, 5.41) is 3.46. The Balaban J connectivity index is 0.00000200. The van der Waals surface area contributed by atoms with Gasteiger partial charge >= 0.3 is 0 Å². The van der Waals surface area contributed by atoms with Crippen LogP contribution in [0.1, 0.15) is 37.7 Å². The number of rotatable bonds is 3. The Hall–Kier alpha value is -0.770. The fourth-order valence-electron chi connectivity index (χ4n) is 2.65. The Kier molecular flexibility index (Phi) is 6.80. The lowest BCUT2D eigenvalue weighted by atomic mass is 9.83. The number of hydrogen-bond donors (Lipinski definition) is 2. The van der Waals surface area contributed by atoms with E-state index in [1.54, 1.807) is 0 Å². The molecule has 0 aromatic heterocycles. The Labute approximate surface area is 131 Å². The van der Waals surface area contributed by atoms with E-state index < -0.39 is 0 Å². The van der Waals surface area contributed by atoms with Gasteiger partial charge in [-0.1, -0.05) is 30.5 Å². The average Bonchev–Trinajstić information content (AvgIpc) is 2.36. The monoisotopic (exact) mass is 316 g/mol. The van der Waals surface area contributed by atoms with Gasteiger partial charge in [0, 0.05) is 12.5 Å². The van der Waals surface area contributed by atoms with Crippen LogP contribution in [-0.2, 0) is 4.79 Å². The van der Waals surface area contributed by atoms with Crippen LogP contribution in [0.4, 0.5) is 5.69 Å². The van der Waals surface area contributed by atoms with Crippen molar-refractivity contribution in [3.05, 3.63) is 28.8 Å². The number of carbonyl (C=O) groups is 1. The molecule has 5 heteroatoms. The van der Waals surface area contributed by atoms with Crippen LogP contribution in [0.25, 0.3) is 0 Å². The number of anilines is 1. The Morgan fingerprint density at radius 3 is 2.75 bits per heavy atom. The number of carbonyl (C=O) groups excluding carboxylic acids is 1. The zero-order valence-electron chi connectivity index (χ0n) is 11.7. The van der Waals surface area contributed by atoms with Crippen LogP contribution >= 0.6 is 24.0 Å². The summed E-state index contributed by atoms with van der Waals surface area (Å²) in [7, 11) is 0. The first-order valence-electron chi connectivity index (χ1n) is 6.88. The first-order valence-corrected chi connectivity index (χ1v) is 7.25. The van der Waals surface area contributed by atoms with E-state index in [0.717, 1.165) is 18.4 Å². The summed E-state index contributed by atoms with van der Waals surface area (Å²) in [5.41, 5.74) is 7.83. The van der Waals surface area contributed by atoms with Crippen molar-refractivity contribution >= 4 is 35.6 Å². The molecule has 0 aliphatic heterocycles. The highest BCUT2D eigenvalue weighted by atomic mass is 35.5. The first kappa shape index (κ1) is 17.3. The van der Waals surface area contributed by atoms with E-state index in [-0.39, 0.29) is 24.4 Å². The lowest BCUT2D eigenvalue weighted by Crippen LogP contribution is -2.35. The third kappa shape index (κ3) is 4.65. The zero-order valence-corrected chi connectivity index (χ0v) is 13.3. The summed E-state index contributed by atoms with van der Waals surface area (Å²) in [5.74, 6) is 0.311.